The Kier molecular flexibility index (Phi) is 4.28. The number of nitrogens with one attached hydrogen (secondary N) is 1. The molecule has 0 bridgehead atoms. The lowest BCUT2D eigenvalue weighted by molar-refractivity contribution is -0.119. The van der Waals surface area contributed by atoms with Gasteiger partial charge in [0.15, 0.2) is 0 Å². The minimum Gasteiger partial charge on any atom is -0.370 e. The van der Waals surface area contributed by atoms with E-state index in [9.17, 15) is 4.79 Å². The zero-order valence-corrected chi connectivity index (χ0v) is 11.0. The normalized spacial score (nSPS) is 12.1. The second-order valence-electron chi connectivity index (χ2n) is 5.25. The van der Waals surface area contributed by atoms with Gasteiger partial charge in [0.2, 0.25) is 5.91 Å². The maximum absolute atomic E-state index is 11.1. The van der Waals surface area contributed by atoms with Gasteiger partial charge in [0, 0.05) is 30.7 Å². The average Bonchev–Trinajstić information content (AvgIpc) is 2.60. The lowest BCUT2D eigenvalue weighted by atomic mass is 9.99. The van der Waals surface area contributed by atoms with Crippen molar-refractivity contribution in [3.8, 4) is 0 Å². The molecular formula is C12H22N4O. The molecule has 0 spiro atoms. The minimum absolute atomic E-state index is 0.300. The van der Waals surface area contributed by atoms with Crippen LogP contribution >= 0.6 is 0 Å². The van der Waals surface area contributed by atoms with Crippen LogP contribution in [0.25, 0.3) is 0 Å². The molecule has 0 aliphatic rings. The van der Waals surface area contributed by atoms with Crippen LogP contribution in [-0.4, -0.2) is 21.5 Å². The molecule has 0 atom stereocenters. The summed E-state index contributed by atoms with van der Waals surface area (Å²) < 4.78 is 2.01. The summed E-state index contributed by atoms with van der Waals surface area (Å²) in [6.45, 7) is 8.89. The van der Waals surface area contributed by atoms with E-state index in [-0.39, 0.29) is 11.4 Å². The van der Waals surface area contributed by atoms with E-state index in [1.165, 1.54) is 0 Å². The minimum atomic E-state index is -0.337. The van der Waals surface area contributed by atoms with Crippen molar-refractivity contribution in [1.29, 1.82) is 0 Å². The van der Waals surface area contributed by atoms with Crippen LogP contribution in [0.4, 0.5) is 0 Å². The lowest BCUT2D eigenvalue weighted by Crippen LogP contribution is -2.34. The summed E-state index contributed by atoms with van der Waals surface area (Å²) >= 11 is 0. The molecule has 0 aromatic carbocycles. The number of primary amides is 1. The Morgan fingerprint density at radius 3 is 2.76 bits per heavy atom. The van der Waals surface area contributed by atoms with Gasteiger partial charge in [-0.25, -0.2) is 4.98 Å². The molecular weight excluding hydrogens is 216 g/mol. The summed E-state index contributed by atoms with van der Waals surface area (Å²) in [6.07, 6.45) is 3.87. The Balaban J connectivity index is 2.83. The van der Waals surface area contributed by atoms with Crippen LogP contribution in [0, 0.1) is 0 Å². The first kappa shape index (κ1) is 13.7. The fourth-order valence-electron chi connectivity index (χ4n) is 1.82. The molecule has 0 saturated heterocycles. The monoisotopic (exact) mass is 238 g/mol. The Morgan fingerprint density at radius 1 is 1.59 bits per heavy atom. The van der Waals surface area contributed by atoms with Crippen LogP contribution in [0.1, 0.15) is 39.8 Å². The molecule has 3 N–H and O–H groups in total. The van der Waals surface area contributed by atoms with Gasteiger partial charge in [-0.05, 0) is 13.8 Å². The van der Waals surface area contributed by atoms with Gasteiger partial charge in [0.05, 0.1) is 12.0 Å². The molecule has 17 heavy (non-hydrogen) atoms. The predicted octanol–water partition coefficient (Wildman–Crippen LogP) is 0.992. The third-order valence-electron chi connectivity index (χ3n) is 2.67. The molecule has 1 heterocycles. The summed E-state index contributed by atoms with van der Waals surface area (Å²) in [5.41, 5.74) is 5.99. The number of imidazole rings is 1. The maximum Gasteiger partial charge on any atom is 0.219 e. The van der Waals surface area contributed by atoms with Crippen LogP contribution in [0.5, 0.6) is 0 Å². The van der Waals surface area contributed by atoms with Crippen molar-refractivity contribution in [2.24, 2.45) is 5.73 Å². The van der Waals surface area contributed by atoms with Crippen molar-refractivity contribution < 1.29 is 4.79 Å². The summed E-state index contributed by atoms with van der Waals surface area (Å²) in [6, 6.07) is 0.414. The van der Waals surface area contributed by atoms with E-state index in [2.05, 4.69) is 24.1 Å². The first-order chi connectivity index (χ1) is 7.83. The van der Waals surface area contributed by atoms with Crippen molar-refractivity contribution in [3.05, 3.63) is 18.2 Å². The standard InChI is InChI=1S/C12H22N4O/c1-9(2)15-7-10-6-14-8-16(10)12(3,4)5-11(13)17/h6,8-9,15H,5,7H2,1-4H3,(H2,13,17). The number of nitrogens with two attached hydrogens (primary N) is 1. The van der Waals surface area contributed by atoms with Crippen molar-refractivity contribution >= 4 is 5.91 Å². The highest BCUT2D eigenvalue weighted by molar-refractivity contribution is 5.74. The topological polar surface area (TPSA) is 72.9 Å². The predicted molar refractivity (Wildman–Crippen MR) is 67.3 cm³/mol. The Labute approximate surface area is 102 Å². The quantitative estimate of drug-likeness (QED) is 0.776. The number of carbonyl (C=O) groups is 1. The molecule has 96 valence electrons. The highest BCUT2D eigenvalue weighted by Crippen LogP contribution is 2.21. The van der Waals surface area contributed by atoms with E-state index in [0.717, 1.165) is 12.2 Å². The van der Waals surface area contributed by atoms with Crippen molar-refractivity contribution in [3.63, 3.8) is 0 Å². The van der Waals surface area contributed by atoms with E-state index in [1.54, 1.807) is 6.33 Å². The largest absolute Gasteiger partial charge is 0.370 e. The number of hydrogen-bond donors (Lipinski definition) is 2. The van der Waals surface area contributed by atoms with Crippen LogP contribution < -0.4 is 11.1 Å². The zero-order valence-electron chi connectivity index (χ0n) is 11.0. The third-order valence-corrected chi connectivity index (χ3v) is 2.67. The molecule has 0 aliphatic heterocycles. The fraction of sp³-hybridized carbons (Fsp3) is 0.667. The summed E-state index contributed by atoms with van der Waals surface area (Å²) in [5, 5.41) is 3.34. The van der Waals surface area contributed by atoms with Gasteiger partial charge in [-0.1, -0.05) is 13.8 Å². The molecule has 1 amide bonds. The zero-order chi connectivity index (χ0) is 13.1. The smallest absolute Gasteiger partial charge is 0.219 e. The van der Waals surface area contributed by atoms with Gasteiger partial charge in [-0.3, -0.25) is 4.79 Å². The number of amides is 1. The van der Waals surface area contributed by atoms with E-state index in [1.807, 2.05) is 24.6 Å². The van der Waals surface area contributed by atoms with Gasteiger partial charge >= 0.3 is 0 Å². The number of carbonyl (C=O) groups excluding carboxylic acids is 1. The Bertz CT molecular complexity index is 382. The fourth-order valence-corrected chi connectivity index (χ4v) is 1.82. The van der Waals surface area contributed by atoms with Crippen LogP contribution in [0.2, 0.25) is 0 Å². The summed E-state index contributed by atoms with van der Waals surface area (Å²) in [4.78, 5) is 15.2. The first-order valence-corrected chi connectivity index (χ1v) is 5.86. The van der Waals surface area contributed by atoms with Crippen LogP contribution in [-0.2, 0) is 16.9 Å². The second-order valence-corrected chi connectivity index (χ2v) is 5.25. The van der Waals surface area contributed by atoms with E-state index < -0.39 is 0 Å². The van der Waals surface area contributed by atoms with Crippen LogP contribution in [0.15, 0.2) is 12.5 Å². The van der Waals surface area contributed by atoms with Gasteiger partial charge in [0.25, 0.3) is 0 Å². The van der Waals surface area contributed by atoms with Crippen molar-refractivity contribution in [2.45, 2.75) is 52.2 Å². The maximum atomic E-state index is 11.1. The molecule has 1 aromatic rings. The lowest BCUT2D eigenvalue weighted by Gasteiger charge is -2.27. The Morgan fingerprint density at radius 2 is 2.24 bits per heavy atom. The van der Waals surface area contributed by atoms with E-state index in [4.69, 9.17) is 5.73 Å². The molecule has 1 rings (SSSR count). The summed E-state index contributed by atoms with van der Waals surface area (Å²) in [5.74, 6) is -0.300. The van der Waals surface area contributed by atoms with Gasteiger partial charge in [-0.2, -0.15) is 0 Å². The molecule has 0 radical (unpaired) electrons. The summed E-state index contributed by atoms with van der Waals surface area (Å²) in [7, 11) is 0. The molecule has 5 nitrogen and oxygen atoms in total. The Hall–Kier alpha value is -1.36. The van der Waals surface area contributed by atoms with Crippen molar-refractivity contribution in [2.75, 3.05) is 0 Å². The van der Waals surface area contributed by atoms with E-state index in [0.29, 0.717) is 12.5 Å². The third kappa shape index (κ3) is 3.85. The molecule has 0 saturated carbocycles. The number of aromatic nitrogens is 2. The second kappa shape index (κ2) is 5.31. The van der Waals surface area contributed by atoms with Gasteiger partial charge in [0.1, 0.15) is 0 Å². The van der Waals surface area contributed by atoms with Gasteiger partial charge < -0.3 is 15.6 Å². The number of rotatable bonds is 6. The molecule has 0 fully saturated rings. The highest BCUT2D eigenvalue weighted by Gasteiger charge is 2.24. The average molecular weight is 238 g/mol. The number of hydrogen-bond acceptors (Lipinski definition) is 3. The van der Waals surface area contributed by atoms with Crippen LogP contribution in [0.3, 0.4) is 0 Å². The van der Waals surface area contributed by atoms with E-state index >= 15 is 0 Å². The number of nitrogens with zero attached hydrogens (tertiary/aromatic N) is 2. The molecule has 0 unspecified atom stereocenters. The molecule has 0 aliphatic carbocycles. The molecule has 1 aromatic heterocycles. The van der Waals surface area contributed by atoms with Crippen molar-refractivity contribution in [1.82, 2.24) is 14.9 Å². The van der Waals surface area contributed by atoms with Gasteiger partial charge in [-0.15, -0.1) is 0 Å². The first-order valence-electron chi connectivity index (χ1n) is 5.86. The molecule has 5 heteroatoms. The highest BCUT2D eigenvalue weighted by atomic mass is 16.1. The SMILES string of the molecule is CC(C)NCc1cncn1C(C)(C)CC(N)=O.